The monoisotopic (exact) mass is 420 g/mol. The lowest BCUT2D eigenvalue weighted by molar-refractivity contribution is -0.141. The number of nitriles is 1. The van der Waals surface area contributed by atoms with Crippen LogP contribution >= 0.6 is 0 Å². The van der Waals surface area contributed by atoms with Gasteiger partial charge in [0.2, 0.25) is 0 Å². The van der Waals surface area contributed by atoms with E-state index in [1.807, 2.05) is 12.1 Å². The first kappa shape index (κ1) is 19.1. The first-order valence-corrected chi connectivity index (χ1v) is 9.59. The van der Waals surface area contributed by atoms with Crippen LogP contribution in [-0.2, 0) is 12.7 Å². The molecule has 1 aliphatic rings. The van der Waals surface area contributed by atoms with Crippen LogP contribution in [0.15, 0.2) is 54.9 Å². The Morgan fingerprint density at radius 3 is 2.71 bits per heavy atom. The molecule has 0 bridgehead atoms. The van der Waals surface area contributed by atoms with Gasteiger partial charge in [0, 0.05) is 29.9 Å². The molecule has 0 radical (unpaired) electrons. The van der Waals surface area contributed by atoms with E-state index >= 15 is 0 Å². The molecule has 6 nitrogen and oxygen atoms in total. The Bertz CT molecular complexity index is 1340. The van der Waals surface area contributed by atoms with Gasteiger partial charge in [0.15, 0.2) is 0 Å². The smallest absolute Gasteiger partial charge is 0.361 e. The Morgan fingerprint density at radius 2 is 1.90 bits per heavy atom. The third kappa shape index (κ3) is 3.46. The topological polar surface area (TPSA) is 79.4 Å². The molecular formula is C22H15F3N6. The molecule has 1 aliphatic heterocycles. The van der Waals surface area contributed by atoms with E-state index in [0.29, 0.717) is 29.2 Å². The highest BCUT2D eigenvalue weighted by molar-refractivity contribution is 5.92. The highest BCUT2D eigenvalue weighted by atomic mass is 19.4. The van der Waals surface area contributed by atoms with Crippen molar-refractivity contribution < 1.29 is 13.2 Å². The largest absolute Gasteiger partial charge is 0.433 e. The van der Waals surface area contributed by atoms with Crippen LogP contribution in [0.4, 0.5) is 19.0 Å². The lowest BCUT2D eigenvalue weighted by Gasteiger charge is -2.14. The molecule has 1 aromatic carbocycles. The summed E-state index contributed by atoms with van der Waals surface area (Å²) < 4.78 is 40.8. The molecule has 31 heavy (non-hydrogen) atoms. The number of halogens is 3. The molecular weight excluding hydrogens is 405 g/mol. The van der Waals surface area contributed by atoms with E-state index in [1.54, 1.807) is 29.1 Å². The van der Waals surface area contributed by atoms with Crippen LogP contribution in [-0.4, -0.2) is 19.7 Å². The summed E-state index contributed by atoms with van der Waals surface area (Å²) in [6.07, 6.45) is -0.900. The summed E-state index contributed by atoms with van der Waals surface area (Å²) in [5.74, 6) is 0.652. The van der Waals surface area contributed by atoms with Crippen molar-refractivity contribution in [3.63, 3.8) is 0 Å². The fraction of sp³-hybridized carbons (Fsp3) is 0.182. The molecule has 1 atom stereocenters. The number of benzene rings is 1. The molecule has 9 heteroatoms. The van der Waals surface area contributed by atoms with Crippen molar-refractivity contribution in [2.24, 2.45) is 0 Å². The lowest BCUT2D eigenvalue weighted by Crippen LogP contribution is -2.09. The number of fused-ring (bicyclic) bond motifs is 2. The summed E-state index contributed by atoms with van der Waals surface area (Å²) in [5.41, 5.74) is 1.30. The number of nitrogens with zero attached hydrogens (tertiary/aromatic N) is 5. The molecule has 0 fully saturated rings. The van der Waals surface area contributed by atoms with Crippen molar-refractivity contribution in [2.75, 3.05) is 5.32 Å². The average Bonchev–Trinajstić information content (AvgIpc) is 3.35. The predicted molar refractivity (Wildman–Crippen MR) is 108 cm³/mol. The molecule has 154 valence electrons. The third-order valence-corrected chi connectivity index (χ3v) is 5.35. The summed E-state index contributed by atoms with van der Waals surface area (Å²) >= 11 is 0. The molecule has 4 heterocycles. The van der Waals surface area contributed by atoms with Crippen LogP contribution in [0.3, 0.4) is 0 Å². The normalized spacial score (nSPS) is 15.6. The van der Waals surface area contributed by atoms with Crippen molar-refractivity contribution in [3.8, 4) is 17.3 Å². The number of hydrogen-bond acceptors (Lipinski definition) is 5. The number of aromatic nitrogens is 4. The zero-order valence-corrected chi connectivity index (χ0v) is 16.1. The minimum atomic E-state index is -4.51. The SMILES string of the molecule is N#Cc1ccc2ccnc(N[C@@H]3CCn4nc(-c5ccnc(C(F)(F)F)c5)cc43)c2c1. The van der Waals surface area contributed by atoms with Gasteiger partial charge in [0.25, 0.3) is 0 Å². The van der Waals surface area contributed by atoms with Crippen LogP contribution < -0.4 is 5.32 Å². The quantitative estimate of drug-likeness (QED) is 0.508. The summed E-state index contributed by atoms with van der Waals surface area (Å²) in [6.45, 7) is 0.637. The first-order valence-electron chi connectivity index (χ1n) is 9.59. The number of nitrogens with one attached hydrogen (secondary N) is 1. The molecule has 4 aromatic rings. The second kappa shape index (κ2) is 7.09. The molecule has 1 N–H and O–H groups in total. The van der Waals surface area contributed by atoms with Gasteiger partial charge in [0.05, 0.1) is 29.1 Å². The molecule has 0 spiro atoms. The van der Waals surface area contributed by atoms with Crippen LogP contribution in [0.5, 0.6) is 0 Å². The predicted octanol–water partition coefficient (Wildman–Crippen LogP) is 4.94. The number of anilines is 1. The zero-order chi connectivity index (χ0) is 21.6. The van der Waals surface area contributed by atoms with Gasteiger partial charge in [-0.1, -0.05) is 6.07 Å². The van der Waals surface area contributed by atoms with Gasteiger partial charge in [-0.3, -0.25) is 9.67 Å². The van der Waals surface area contributed by atoms with Gasteiger partial charge in [-0.25, -0.2) is 4.98 Å². The van der Waals surface area contributed by atoms with Gasteiger partial charge < -0.3 is 5.32 Å². The lowest BCUT2D eigenvalue weighted by atomic mass is 10.1. The van der Waals surface area contributed by atoms with Crippen molar-refractivity contribution in [2.45, 2.75) is 25.2 Å². The van der Waals surface area contributed by atoms with Crippen molar-refractivity contribution in [1.29, 1.82) is 5.26 Å². The fourth-order valence-electron chi connectivity index (χ4n) is 3.84. The maximum atomic E-state index is 13.0. The van der Waals surface area contributed by atoms with Crippen LogP contribution in [0.25, 0.3) is 22.0 Å². The van der Waals surface area contributed by atoms with E-state index in [0.717, 1.165) is 35.2 Å². The van der Waals surface area contributed by atoms with Crippen molar-refractivity contribution in [1.82, 2.24) is 19.7 Å². The van der Waals surface area contributed by atoms with Crippen LogP contribution in [0.1, 0.15) is 29.4 Å². The third-order valence-electron chi connectivity index (χ3n) is 5.35. The van der Waals surface area contributed by atoms with E-state index in [1.165, 1.54) is 6.07 Å². The van der Waals surface area contributed by atoms with E-state index in [9.17, 15) is 18.4 Å². The van der Waals surface area contributed by atoms with E-state index < -0.39 is 11.9 Å². The minimum absolute atomic E-state index is 0.103. The molecule has 5 rings (SSSR count). The second-order valence-electron chi connectivity index (χ2n) is 7.30. The van der Waals surface area contributed by atoms with E-state index in [4.69, 9.17) is 0 Å². The Balaban J connectivity index is 1.47. The van der Waals surface area contributed by atoms with E-state index in [-0.39, 0.29) is 6.04 Å². The van der Waals surface area contributed by atoms with Crippen LogP contribution in [0, 0.1) is 11.3 Å². The summed E-state index contributed by atoms with van der Waals surface area (Å²) in [4.78, 5) is 7.85. The molecule has 0 amide bonds. The van der Waals surface area contributed by atoms with Crippen molar-refractivity contribution >= 4 is 16.6 Å². The van der Waals surface area contributed by atoms with Gasteiger partial charge in [0.1, 0.15) is 11.5 Å². The second-order valence-corrected chi connectivity index (χ2v) is 7.30. The Morgan fingerprint density at radius 1 is 1.06 bits per heavy atom. The zero-order valence-electron chi connectivity index (χ0n) is 16.1. The summed E-state index contributed by atoms with van der Waals surface area (Å²) in [6, 6.07) is 13.7. The maximum absolute atomic E-state index is 13.0. The van der Waals surface area contributed by atoms with E-state index in [2.05, 4.69) is 26.5 Å². The van der Waals surface area contributed by atoms with Crippen molar-refractivity contribution in [3.05, 3.63) is 71.8 Å². The van der Waals surface area contributed by atoms with Gasteiger partial charge >= 0.3 is 6.18 Å². The highest BCUT2D eigenvalue weighted by Gasteiger charge is 2.33. The number of rotatable bonds is 3. The first-order chi connectivity index (χ1) is 14.9. The molecule has 3 aromatic heterocycles. The fourth-order valence-corrected chi connectivity index (χ4v) is 3.84. The molecule has 0 saturated carbocycles. The summed E-state index contributed by atoms with van der Waals surface area (Å²) in [7, 11) is 0. The van der Waals surface area contributed by atoms with Crippen LogP contribution in [0.2, 0.25) is 0 Å². The van der Waals surface area contributed by atoms with Gasteiger partial charge in [-0.05, 0) is 48.2 Å². The number of alkyl halides is 3. The molecule has 0 saturated heterocycles. The Kier molecular flexibility index (Phi) is 4.36. The number of aryl methyl sites for hydroxylation is 1. The standard InChI is InChI=1S/C22H15F3N6/c23-22(24,25)20-10-15(4-6-27-20)18-11-19-17(5-8-31(19)30-18)29-21-16-9-13(12-26)1-2-14(16)3-7-28-21/h1-4,6-7,9-11,17H,5,8H2,(H,28,29)/t17-/m1/s1. The molecule has 0 unspecified atom stereocenters. The average molecular weight is 420 g/mol. The summed E-state index contributed by atoms with van der Waals surface area (Å²) in [5, 5.41) is 18.9. The maximum Gasteiger partial charge on any atom is 0.433 e. The number of pyridine rings is 2. The van der Waals surface area contributed by atoms with Gasteiger partial charge in [-0.15, -0.1) is 0 Å². The highest BCUT2D eigenvalue weighted by Crippen LogP contribution is 2.35. The Labute approximate surface area is 175 Å². The Hall–Kier alpha value is -3.93. The van der Waals surface area contributed by atoms with Gasteiger partial charge in [-0.2, -0.15) is 23.5 Å². The molecule has 0 aliphatic carbocycles. The minimum Gasteiger partial charge on any atom is -0.361 e. The number of hydrogen-bond donors (Lipinski definition) is 1.